The molecule has 1 aromatic rings. The monoisotopic (exact) mass is 240 g/mol. The van der Waals surface area contributed by atoms with Crippen molar-refractivity contribution >= 4 is 17.3 Å². The summed E-state index contributed by atoms with van der Waals surface area (Å²) in [7, 11) is 0. The molecule has 1 aliphatic rings. The van der Waals surface area contributed by atoms with E-state index < -0.39 is 5.97 Å². The van der Waals surface area contributed by atoms with Gasteiger partial charge in [0.2, 0.25) is 0 Å². The van der Waals surface area contributed by atoms with Crippen LogP contribution in [-0.2, 0) is 11.3 Å². The average molecular weight is 240 g/mol. The first-order chi connectivity index (χ1) is 7.66. The Hall–Kier alpha value is -0.940. The van der Waals surface area contributed by atoms with Gasteiger partial charge < -0.3 is 5.11 Å². The number of carbonyl (C=O) groups is 1. The third-order valence-corrected chi connectivity index (χ3v) is 3.97. The van der Waals surface area contributed by atoms with Crippen molar-refractivity contribution in [3.63, 3.8) is 0 Å². The van der Waals surface area contributed by atoms with Gasteiger partial charge in [-0.25, -0.2) is 0 Å². The lowest BCUT2D eigenvalue weighted by atomic mass is 9.92. The molecule has 0 aliphatic carbocycles. The van der Waals surface area contributed by atoms with E-state index in [-0.39, 0.29) is 5.92 Å². The first kappa shape index (κ1) is 11.5. The van der Waals surface area contributed by atoms with Gasteiger partial charge >= 0.3 is 5.97 Å². The van der Waals surface area contributed by atoms with Gasteiger partial charge in [0.15, 0.2) is 0 Å². The summed E-state index contributed by atoms with van der Waals surface area (Å²) in [6.07, 6.45) is 3.41. The predicted octanol–water partition coefficient (Wildman–Crippen LogP) is 1.83. The molecule has 2 rings (SSSR count). The Labute approximate surface area is 98.9 Å². The highest BCUT2D eigenvalue weighted by atomic mass is 32.1. The molecule has 1 saturated heterocycles. The highest BCUT2D eigenvalue weighted by molar-refractivity contribution is 7.09. The third kappa shape index (κ3) is 2.59. The van der Waals surface area contributed by atoms with Crippen molar-refractivity contribution in [3.8, 4) is 0 Å². The number of nitrogens with zero attached hydrogens (tertiary/aromatic N) is 2. The molecule has 1 aromatic heterocycles. The van der Waals surface area contributed by atoms with E-state index in [1.165, 1.54) is 4.88 Å². The number of thiazole rings is 1. The first-order valence-electron chi connectivity index (χ1n) is 5.51. The van der Waals surface area contributed by atoms with Crippen molar-refractivity contribution in [2.75, 3.05) is 6.54 Å². The Morgan fingerprint density at radius 3 is 3.12 bits per heavy atom. The zero-order valence-electron chi connectivity index (χ0n) is 9.30. The Balaban J connectivity index is 1.91. The molecular weight excluding hydrogens is 224 g/mol. The number of carboxylic acid groups (broad SMARTS) is 1. The number of rotatable bonds is 3. The lowest BCUT2D eigenvalue weighted by Gasteiger charge is -2.35. The molecule has 0 aromatic carbocycles. The predicted molar refractivity (Wildman–Crippen MR) is 62.3 cm³/mol. The van der Waals surface area contributed by atoms with E-state index in [1.54, 1.807) is 11.3 Å². The van der Waals surface area contributed by atoms with Gasteiger partial charge in [-0.05, 0) is 26.3 Å². The maximum Gasteiger partial charge on any atom is 0.306 e. The second kappa shape index (κ2) is 4.93. The minimum Gasteiger partial charge on any atom is -0.481 e. The molecule has 2 unspecified atom stereocenters. The summed E-state index contributed by atoms with van der Waals surface area (Å²) in [5, 5.41) is 8.97. The summed E-state index contributed by atoms with van der Waals surface area (Å²) in [6.45, 7) is 3.88. The lowest BCUT2D eigenvalue weighted by molar-refractivity contribution is -0.144. The van der Waals surface area contributed by atoms with E-state index in [0.29, 0.717) is 6.04 Å². The van der Waals surface area contributed by atoms with Gasteiger partial charge in [-0.3, -0.25) is 14.7 Å². The summed E-state index contributed by atoms with van der Waals surface area (Å²) in [5.41, 5.74) is 1.84. The van der Waals surface area contributed by atoms with Crippen molar-refractivity contribution in [2.24, 2.45) is 5.92 Å². The molecule has 16 heavy (non-hydrogen) atoms. The fourth-order valence-electron chi connectivity index (χ4n) is 2.20. The third-order valence-electron chi connectivity index (χ3n) is 3.21. The molecule has 0 amide bonds. The Morgan fingerprint density at radius 1 is 1.75 bits per heavy atom. The highest BCUT2D eigenvalue weighted by Crippen LogP contribution is 2.25. The summed E-state index contributed by atoms with van der Waals surface area (Å²) in [5.74, 6) is -0.808. The molecule has 1 aliphatic heterocycles. The fraction of sp³-hybridized carbons (Fsp3) is 0.636. The molecule has 2 atom stereocenters. The van der Waals surface area contributed by atoms with Gasteiger partial charge in [0.1, 0.15) is 0 Å². The maximum atomic E-state index is 10.9. The quantitative estimate of drug-likeness (QED) is 0.875. The van der Waals surface area contributed by atoms with Crippen LogP contribution in [0, 0.1) is 5.92 Å². The maximum absolute atomic E-state index is 10.9. The van der Waals surface area contributed by atoms with Crippen LogP contribution < -0.4 is 0 Å². The molecule has 4 nitrogen and oxygen atoms in total. The lowest BCUT2D eigenvalue weighted by Crippen LogP contribution is -2.41. The minimum absolute atomic E-state index is 0.160. The van der Waals surface area contributed by atoms with Crippen LogP contribution in [0.4, 0.5) is 0 Å². The summed E-state index contributed by atoms with van der Waals surface area (Å²) in [4.78, 5) is 18.5. The second-order valence-corrected chi connectivity index (χ2v) is 5.32. The molecule has 0 spiro atoms. The molecule has 88 valence electrons. The van der Waals surface area contributed by atoms with Crippen molar-refractivity contribution in [3.05, 3.63) is 16.6 Å². The standard InChI is InChI=1S/C11H16N2O2S/c1-8-4-9(11(14)15)2-3-13(8)6-10-5-12-7-16-10/h5,7-9H,2-4,6H2,1H3,(H,14,15). The van der Waals surface area contributed by atoms with E-state index in [9.17, 15) is 4.79 Å². The van der Waals surface area contributed by atoms with E-state index >= 15 is 0 Å². The van der Waals surface area contributed by atoms with Crippen molar-refractivity contribution in [1.29, 1.82) is 0 Å². The van der Waals surface area contributed by atoms with Gasteiger partial charge in [0, 0.05) is 23.7 Å². The summed E-state index contributed by atoms with van der Waals surface area (Å²) < 4.78 is 0. The van der Waals surface area contributed by atoms with Gasteiger partial charge in [0.05, 0.1) is 11.4 Å². The summed E-state index contributed by atoms with van der Waals surface area (Å²) >= 11 is 1.66. The van der Waals surface area contributed by atoms with Crippen molar-refractivity contribution < 1.29 is 9.90 Å². The Morgan fingerprint density at radius 2 is 2.56 bits per heavy atom. The van der Waals surface area contributed by atoms with Crippen molar-refractivity contribution in [1.82, 2.24) is 9.88 Å². The molecule has 0 saturated carbocycles. The normalized spacial score (nSPS) is 26.8. The Bertz CT molecular complexity index is 353. The SMILES string of the molecule is CC1CC(C(=O)O)CCN1Cc1cncs1. The number of piperidine rings is 1. The zero-order valence-corrected chi connectivity index (χ0v) is 10.1. The molecule has 1 fully saturated rings. The van der Waals surface area contributed by atoms with Crippen LogP contribution in [0.5, 0.6) is 0 Å². The van der Waals surface area contributed by atoms with Crippen LogP contribution in [0.3, 0.4) is 0 Å². The van der Waals surface area contributed by atoms with Crippen LogP contribution >= 0.6 is 11.3 Å². The molecule has 0 bridgehead atoms. The Kier molecular flexibility index (Phi) is 3.56. The number of carboxylic acids is 1. The number of aliphatic carboxylic acids is 1. The second-order valence-electron chi connectivity index (χ2n) is 4.35. The average Bonchev–Trinajstić information content (AvgIpc) is 2.73. The molecule has 1 N–H and O–H groups in total. The molecular formula is C11H16N2O2S. The van der Waals surface area contributed by atoms with Gasteiger partial charge in [-0.1, -0.05) is 0 Å². The van der Waals surface area contributed by atoms with Crippen LogP contribution in [0.1, 0.15) is 24.6 Å². The summed E-state index contributed by atoms with van der Waals surface area (Å²) in [6, 6.07) is 0.344. The fourth-order valence-corrected chi connectivity index (χ4v) is 2.82. The highest BCUT2D eigenvalue weighted by Gasteiger charge is 2.29. The van der Waals surface area contributed by atoms with Crippen LogP contribution in [0.2, 0.25) is 0 Å². The largest absolute Gasteiger partial charge is 0.481 e. The van der Waals surface area contributed by atoms with E-state index in [1.807, 2.05) is 11.7 Å². The van der Waals surface area contributed by atoms with Crippen LogP contribution in [-0.4, -0.2) is 33.5 Å². The van der Waals surface area contributed by atoms with Crippen LogP contribution in [0.25, 0.3) is 0 Å². The number of hydrogen-bond donors (Lipinski definition) is 1. The van der Waals surface area contributed by atoms with Gasteiger partial charge in [0.25, 0.3) is 0 Å². The van der Waals surface area contributed by atoms with Crippen molar-refractivity contribution in [2.45, 2.75) is 32.4 Å². The first-order valence-corrected chi connectivity index (χ1v) is 6.39. The number of hydrogen-bond acceptors (Lipinski definition) is 4. The van der Waals surface area contributed by atoms with Crippen LogP contribution in [0.15, 0.2) is 11.7 Å². The molecule has 0 radical (unpaired) electrons. The van der Waals surface area contributed by atoms with E-state index in [0.717, 1.165) is 25.9 Å². The van der Waals surface area contributed by atoms with E-state index in [2.05, 4.69) is 16.8 Å². The van der Waals surface area contributed by atoms with Gasteiger partial charge in [-0.2, -0.15) is 0 Å². The number of likely N-dealkylation sites (tertiary alicyclic amines) is 1. The zero-order chi connectivity index (χ0) is 11.5. The number of aromatic nitrogens is 1. The van der Waals surface area contributed by atoms with E-state index in [4.69, 9.17) is 5.11 Å². The smallest absolute Gasteiger partial charge is 0.306 e. The molecule has 5 heteroatoms. The topological polar surface area (TPSA) is 53.4 Å². The molecule has 2 heterocycles. The minimum atomic E-state index is -0.649. The van der Waals surface area contributed by atoms with Gasteiger partial charge in [-0.15, -0.1) is 11.3 Å².